The summed E-state index contributed by atoms with van der Waals surface area (Å²) in [4.78, 5) is 0.727. The maximum Gasteiger partial charge on any atom is 0.181 e. The average Bonchev–Trinajstić information content (AvgIpc) is 2.26. The van der Waals surface area contributed by atoms with Gasteiger partial charge in [0.15, 0.2) is 4.90 Å². The number of hydrogen-bond donors (Lipinski definition) is 2. The molecule has 4 heteroatoms. The van der Waals surface area contributed by atoms with E-state index in [1.165, 1.54) is 5.56 Å². The van der Waals surface area contributed by atoms with Gasteiger partial charge < -0.3 is 9.87 Å². The Morgan fingerprint density at radius 3 is 2.65 bits per heavy atom. The van der Waals surface area contributed by atoms with Crippen LogP contribution in [-0.4, -0.2) is 4.55 Å². The molecule has 1 unspecified atom stereocenters. The molecule has 1 aromatic rings. The molecule has 0 radical (unpaired) electrons. The minimum Gasteiger partial charge on any atom is -0.593 e. The lowest BCUT2D eigenvalue weighted by Crippen LogP contribution is -2.21. The Balaban J connectivity index is 2.62. The van der Waals surface area contributed by atoms with Crippen LogP contribution in [0.3, 0.4) is 0 Å². The Kier molecular flexibility index (Phi) is 3.21. The molecule has 92 valence electrons. The topological polar surface area (TPSA) is 61.1 Å². The van der Waals surface area contributed by atoms with Gasteiger partial charge in [0.1, 0.15) is 0 Å². The maximum atomic E-state index is 11.6. The molecular formula is C13H18N2OS. The first-order valence-corrected chi connectivity index (χ1v) is 6.84. The maximum absolute atomic E-state index is 11.6. The Bertz CT molecular complexity index is 461. The van der Waals surface area contributed by atoms with Gasteiger partial charge in [0.05, 0.1) is 11.4 Å². The van der Waals surface area contributed by atoms with Gasteiger partial charge in [0.2, 0.25) is 0 Å². The predicted molar refractivity (Wildman–Crippen MR) is 71.6 cm³/mol. The number of nitrogens with two attached hydrogens (primary N) is 1. The summed E-state index contributed by atoms with van der Waals surface area (Å²) < 4.78 is 11.6. The summed E-state index contributed by atoms with van der Waals surface area (Å²) in [6.07, 6.45) is 3.81. The highest BCUT2D eigenvalue weighted by Crippen LogP contribution is 2.30. The zero-order valence-corrected chi connectivity index (χ0v) is 11.2. The first kappa shape index (κ1) is 12.5. The van der Waals surface area contributed by atoms with E-state index in [0.29, 0.717) is 0 Å². The van der Waals surface area contributed by atoms with Crippen molar-refractivity contribution in [1.82, 2.24) is 5.32 Å². The summed E-state index contributed by atoms with van der Waals surface area (Å²) in [6.45, 7) is 7.19. The van der Waals surface area contributed by atoms with Gasteiger partial charge in [-0.3, -0.25) is 0 Å². The molecule has 0 fully saturated rings. The fourth-order valence-corrected chi connectivity index (χ4v) is 2.59. The van der Waals surface area contributed by atoms with Gasteiger partial charge in [-0.25, -0.2) is 0 Å². The van der Waals surface area contributed by atoms with Gasteiger partial charge >= 0.3 is 0 Å². The van der Waals surface area contributed by atoms with E-state index in [1.807, 2.05) is 18.3 Å². The van der Waals surface area contributed by atoms with Gasteiger partial charge in [-0.15, -0.1) is 5.14 Å². The van der Waals surface area contributed by atoms with Crippen LogP contribution in [-0.2, 0) is 23.3 Å². The Morgan fingerprint density at radius 1 is 1.35 bits per heavy atom. The van der Waals surface area contributed by atoms with Crippen LogP contribution in [0.2, 0.25) is 0 Å². The van der Waals surface area contributed by atoms with Crippen LogP contribution < -0.4 is 10.5 Å². The van der Waals surface area contributed by atoms with E-state index in [1.54, 1.807) is 0 Å². The molecule has 0 aromatic heterocycles. The number of nitrogens with one attached hydrogen (secondary N) is 1. The summed E-state index contributed by atoms with van der Waals surface area (Å²) in [6, 6.07) is 4.13. The van der Waals surface area contributed by atoms with E-state index in [0.717, 1.165) is 22.6 Å². The molecule has 1 aromatic carbocycles. The van der Waals surface area contributed by atoms with Crippen molar-refractivity contribution in [3.8, 4) is 0 Å². The van der Waals surface area contributed by atoms with Crippen LogP contribution in [0, 0.1) is 0 Å². The minimum absolute atomic E-state index is 0.0321. The molecule has 0 saturated carbocycles. The number of benzene rings is 1. The van der Waals surface area contributed by atoms with Crippen LogP contribution in [0.1, 0.15) is 37.5 Å². The van der Waals surface area contributed by atoms with Crippen LogP contribution in [0.25, 0.3) is 6.08 Å². The van der Waals surface area contributed by atoms with E-state index in [4.69, 9.17) is 5.14 Å². The first-order chi connectivity index (χ1) is 7.89. The Hall–Kier alpha value is -0.970. The van der Waals surface area contributed by atoms with Gasteiger partial charge in [0.25, 0.3) is 0 Å². The van der Waals surface area contributed by atoms with Gasteiger partial charge in [-0.05, 0) is 34.9 Å². The highest BCUT2D eigenvalue weighted by Gasteiger charge is 2.23. The number of hydrogen-bond acceptors (Lipinski definition) is 3. The minimum atomic E-state index is -1.44. The van der Waals surface area contributed by atoms with Crippen molar-refractivity contribution in [2.75, 3.05) is 0 Å². The molecule has 2 rings (SSSR count). The highest BCUT2D eigenvalue weighted by atomic mass is 32.2. The van der Waals surface area contributed by atoms with Crippen molar-refractivity contribution in [1.29, 1.82) is 0 Å². The van der Waals surface area contributed by atoms with Crippen LogP contribution in [0.5, 0.6) is 0 Å². The Labute approximate surface area is 105 Å². The lowest BCUT2D eigenvalue weighted by molar-refractivity contribution is 0.581. The number of fused-ring (bicyclic) bond motifs is 1. The van der Waals surface area contributed by atoms with Crippen LogP contribution in [0.4, 0.5) is 0 Å². The fourth-order valence-electron chi connectivity index (χ4n) is 1.93. The lowest BCUT2D eigenvalue weighted by atomic mass is 9.85. The van der Waals surface area contributed by atoms with Crippen molar-refractivity contribution >= 4 is 17.4 Å². The second-order valence-corrected chi connectivity index (χ2v) is 6.34. The molecular weight excluding hydrogens is 232 g/mol. The summed E-state index contributed by atoms with van der Waals surface area (Å²) in [5.74, 6) is 0. The second kappa shape index (κ2) is 4.37. The third-order valence-electron chi connectivity index (χ3n) is 2.97. The largest absolute Gasteiger partial charge is 0.593 e. The summed E-state index contributed by atoms with van der Waals surface area (Å²) in [7, 11) is 0. The molecule has 1 aliphatic heterocycles. The van der Waals surface area contributed by atoms with Gasteiger partial charge in [-0.1, -0.05) is 26.8 Å². The highest BCUT2D eigenvalue weighted by molar-refractivity contribution is 7.89. The molecule has 3 N–H and O–H groups in total. The second-order valence-electron chi connectivity index (χ2n) is 5.31. The molecule has 17 heavy (non-hydrogen) atoms. The van der Waals surface area contributed by atoms with Crippen LogP contribution in [0.15, 0.2) is 23.2 Å². The summed E-state index contributed by atoms with van der Waals surface area (Å²) in [5, 5.41) is 8.73. The van der Waals surface area contributed by atoms with Gasteiger partial charge in [0, 0.05) is 12.1 Å². The summed E-state index contributed by atoms with van der Waals surface area (Å²) >= 11 is -1.44. The van der Waals surface area contributed by atoms with Crippen molar-refractivity contribution < 1.29 is 4.55 Å². The van der Waals surface area contributed by atoms with E-state index < -0.39 is 11.4 Å². The molecule has 1 aliphatic rings. The van der Waals surface area contributed by atoms with Crippen molar-refractivity contribution in [3.63, 3.8) is 0 Å². The number of rotatable bonds is 1. The van der Waals surface area contributed by atoms with E-state index in [-0.39, 0.29) is 5.41 Å². The quantitative estimate of drug-likeness (QED) is 0.750. The predicted octanol–water partition coefficient (Wildman–Crippen LogP) is 2.04. The Morgan fingerprint density at radius 2 is 2.06 bits per heavy atom. The molecule has 0 saturated heterocycles. The zero-order chi connectivity index (χ0) is 12.6. The van der Waals surface area contributed by atoms with E-state index >= 15 is 0 Å². The smallest absolute Gasteiger partial charge is 0.181 e. The van der Waals surface area contributed by atoms with Crippen LogP contribution >= 0.6 is 0 Å². The van der Waals surface area contributed by atoms with Gasteiger partial charge in [-0.2, -0.15) is 0 Å². The molecule has 1 heterocycles. The molecule has 1 atom stereocenters. The van der Waals surface area contributed by atoms with E-state index in [2.05, 4.69) is 32.2 Å². The molecule has 0 amide bonds. The standard InChI is InChI=1S/C13H18N2OS/c1-13(2,3)10-6-9-8-15-5-4-11(9)12(7-10)17(14)16/h4-7,15H,8,14H2,1-3H3. The fraction of sp³-hybridized carbons (Fsp3) is 0.385. The summed E-state index contributed by atoms with van der Waals surface area (Å²) in [5.41, 5.74) is 3.36. The molecule has 0 aliphatic carbocycles. The molecule has 0 spiro atoms. The molecule has 0 bridgehead atoms. The monoisotopic (exact) mass is 250 g/mol. The van der Waals surface area contributed by atoms with Crippen molar-refractivity contribution in [3.05, 3.63) is 35.0 Å². The third kappa shape index (κ3) is 2.49. The zero-order valence-electron chi connectivity index (χ0n) is 10.4. The molecule has 3 nitrogen and oxygen atoms in total. The normalized spacial score (nSPS) is 16.3. The van der Waals surface area contributed by atoms with Crippen molar-refractivity contribution in [2.24, 2.45) is 5.14 Å². The van der Waals surface area contributed by atoms with Crippen molar-refractivity contribution in [2.45, 2.75) is 37.6 Å². The third-order valence-corrected chi connectivity index (χ3v) is 3.74. The SMILES string of the molecule is CC(C)(C)c1cc2c(c([S+](N)[O-])c1)C=CNC2. The van der Waals surface area contributed by atoms with E-state index in [9.17, 15) is 4.55 Å². The first-order valence-electron chi connectivity index (χ1n) is 5.63. The lowest BCUT2D eigenvalue weighted by Gasteiger charge is -2.23. The average molecular weight is 250 g/mol.